The standard InChI is InChI=1S/C14H25N5OS/c1-10(2)17-14-18-12(15)11(21-14)13(20)16-6-5-9-19-7-3-4-8-19/h10H,3-9,15H2,1-2H3,(H,16,20)(H,17,18). The molecule has 2 heterocycles. The van der Waals surface area contributed by atoms with Crippen LogP contribution in [0.2, 0.25) is 0 Å². The van der Waals surface area contributed by atoms with E-state index in [1.165, 1.54) is 37.3 Å². The SMILES string of the molecule is CC(C)Nc1nc(N)c(C(=O)NCCCN2CCCC2)s1. The lowest BCUT2D eigenvalue weighted by atomic mass is 10.3. The van der Waals surface area contributed by atoms with Gasteiger partial charge in [0.25, 0.3) is 5.91 Å². The van der Waals surface area contributed by atoms with Crippen LogP contribution in [0.3, 0.4) is 0 Å². The first-order valence-electron chi connectivity index (χ1n) is 7.59. The number of rotatable bonds is 7. The van der Waals surface area contributed by atoms with E-state index >= 15 is 0 Å². The van der Waals surface area contributed by atoms with Crippen LogP contribution >= 0.6 is 11.3 Å². The van der Waals surface area contributed by atoms with Crippen molar-refractivity contribution in [3.63, 3.8) is 0 Å². The lowest BCUT2D eigenvalue weighted by Crippen LogP contribution is -2.28. The molecular weight excluding hydrogens is 286 g/mol. The molecule has 0 atom stereocenters. The lowest BCUT2D eigenvalue weighted by Gasteiger charge is -2.14. The molecule has 7 heteroatoms. The fourth-order valence-corrected chi connectivity index (χ4v) is 3.34. The first-order valence-corrected chi connectivity index (χ1v) is 8.41. The minimum Gasteiger partial charge on any atom is -0.382 e. The normalized spacial score (nSPS) is 15.6. The van der Waals surface area contributed by atoms with Crippen molar-refractivity contribution < 1.29 is 4.79 Å². The first-order chi connectivity index (χ1) is 10.1. The Labute approximate surface area is 130 Å². The van der Waals surface area contributed by atoms with Crippen LogP contribution in [0.1, 0.15) is 42.8 Å². The molecule has 1 amide bonds. The maximum absolute atomic E-state index is 12.1. The highest BCUT2D eigenvalue weighted by Gasteiger charge is 2.16. The fourth-order valence-electron chi connectivity index (χ4n) is 2.39. The molecule has 0 aliphatic carbocycles. The number of nitrogens with one attached hydrogen (secondary N) is 2. The molecular formula is C14H25N5OS. The van der Waals surface area contributed by atoms with Gasteiger partial charge in [0.15, 0.2) is 5.13 Å². The summed E-state index contributed by atoms with van der Waals surface area (Å²) in [4.78, 5) is 19.2. The van der Waals surface area contributed by atoms with Crippen molar-refractivity contribution in [3.8, 4) is 0 Å². The summed E-state index contributed by atoms with van der Waals surface area (Å²) in [6.07, 6.45) is 3.58. The van der Waals surface area contributed by atoms with E-state index < -0.39 is 0 Å². The molecule has 1 aromatic heterocycles. The molecule has 0 spiro atoms. The summed E-state index contributed by atoms with van der Waals surface area (Å²) in [7, 11) is 0. The Balaban J connectivity index is 1.75. The number of nitrogen functional groups attached to an aromatic ring is 1. The molecule has 21 heavy (non-hydrogen) atoms. The number of carbonyl (C=O) groups is 1. The highest BCUT2D eigenvalue weighted by atomic mass is 32.1. The number of nitrogens with zero attached hydrogens (tertiary/aromatic N) is 2. The van der Waals surface area contributed by atoms with E-state index in [-0.39, 0.29) is 11.9 Å². The Bertz CT molecular complexity index is 468. The van der Waals surface area contributed by atoms with Gasteiger partial charge in [0.1, 0.15) is 10.7 Å². The third kappa shape index (κ3) is 4.86. The van der Waals surface area contributed by atoms with Gasteiger partial charge in [0.2, 0.25) is 0 Å². The largest absolute Gasteiger partial charge is 0.382 e. The van der Waals surface area contributed by atoms with Crippen LogP contribution in [0.5, 0.6) is 0 Å². The molecule has 0 bridgehead atoms. The molecule has 4 N–H and O–H groups in total. The van der Waals surface area contributed by atoms with Crippen LogP contribution < -0.4 is 16.4 Å². The van der Waals surface area contributed by atoms with Gasteiger partial charge in [-0.2, -0.15) is 0 Å². The van der Waals surface area contributed by atoms with Crippen molar-refractivity contribution in [2.24, 2.45) is 0 Å². The van der Waals surface area contributed by atoms with Gasteiger partial charge in [-0.15, -0.1) is 0 Å². The lowest BCUT2D eigenvalue weighted by molar-refractivity contribution is 0.0956. The van der Waals surface area contributed by atoms with Gasteiger partial charge in [-0.1, -0.05) is 11.3 Å². The Morgan fingerprint density at radius 2 is 2.14 bits per heavy atom. The molecule has 1 saturated heterocycles. The van der Waals surface area contributed by atoms with E-state index in [1.54, 1.807) is 0 Å². The monoisotopic (exact) mass is 311 g/mol. The van der Waals surface area contributed by atoms with E-state index in [9.17, 15) is 4.79 Å². The number of likely N-dealkylation sites (tertiary alicyclic amines) is 1. The minimum atomic E-state index is -0.122. The molecule has 0 aromatic carbocycles. The van der Waals surface area contributed by atoms with Crippen LogP contribution in [0.15, 0.2) is 0 Å². The zero-order valence-electron chi connectivity index (χ0n) is 12.8. The van der Waals surface area contributed by atoms with Gasteiger partial charge in [0.05, 0.1) is 0 Å². The van der Waals surface area contributed by atoms with E-state index in [4.69, 9.17) is 5.73 Å². The Morgan fingerprint density at radius 1 is 1.43 bits per heavy atom. The Hall–Kier alpha value is -1.34. The van der Waals surface area contributed by atoms with Gasteiger partial charge in [-0.05, 0) is 52.7 Å². The van der Waals surface area contributed by atoms with Crippen molar-refractivity contribution in [3.05, 3.63) is 4.88 Å². The van der Waals surface area contributed by atoms with Crippen molar-refractivity contribution in [2.45, 2.75) is 39.2 Å². The van der Waals surface area contributed by atoms with Gasteiger partial charge in [0, 0.05) is 12.6 Å². The average Bonchev–Trinajstić information content (AvgIpc) is 3.03. The summed E-state index contributed by atoms with van der Waals surface area (Å²) in [5.74, 6) is 0.184. The number of anilines is 2. The van der Waals surface area contributed by atoms with Gasteiger partial charge in [-0.25, -0.2) is 4.98 Å². The van der Waals surface area contributed by atoms with Crippen molar-refractivity contribution in [1.29, 1.82) is 0 Å². The van der Waals surface area contributed by atoms with Crippen LogP contribution in [-0.2, 0) is 0 Å². The average molecular weight is 311 g/mol. The molecule has 2 rings (SSSR count). The number of carbonyl (C=O) groups excluding carboxylic acids is 1. The fraction of sp³-hybridized carbons (Fsp3) is 0.714. The molecule has 6 nitrogen and oxygen atoms in total. The Morgan fingerprint density at radius 3 is 2.81 bits per heavy atom. The van der Waals surface area contributed by atoms with Crippen LogP contribution in [-0.4, -0.2) is 48.0 Å². The number of amides is 1. The summed E-state index contributed by atoms with van der Waals surface area (Å²) in [6.45, 7) is 8.17. The van der Waals surface area contributed by atoms with Gasteiger partial charge >= 0.3 is 0 Å². The smallest absolute Gasteiger partial charge is 0.265 e. The second kappa shape index (κ2) is 7.61. The second-order valence-electron chi connectivity index (χ2n) is 5.69. The third-order valence-electron chi connectivity index (χ3n) is 3.41. The molecule has 1 aromatic rings. The van der Waals surface area contributed by atoms with E-state index in [2.05, 4.69) is 20.5 Å². The van der Waals surface area contributed by atoms with Crippen molar-refractivity contribution >= 4 is 28.2 Å². The summed E-state index contributed by atoms with van der Waals surface area (Å²) in [6, 6.07) is 0.270. The predicted molar refractivity (Wildman–Crippen MR) is 87.9 cm³/mol. The molecule has 1 aliphatic rings. The quantitative estimate of drug-likeness (QED) is 0.668. The van der Waals surface area contributed by atoms with E-state index in [0.717, 1.165) is 13.0 Å². The highest BCUT2D eigenvalue weighted by Crippen LogP contribution is 2.25. The van der Waals surface area contributed by atoms with E-state index in [1.807, 2.05) is 13.8 Å². The minimum absolute atomic E-state index is 0.122. The third-order valence-corrected chi connectivity index (χ3v) is 4.41. The molecule has 118 valence electrons. The zero-order valence-corrected chi connectivity index (χ0v) is 13.6. The number of nitrogens with two attached hydrogens (primary N) is 1. The molecule has 0 unspecified atom stereocenters. The number of aromatic nitrogens is 1. The maximum Gasteiger partial charge on any atom is 0.265 e. The number of hydrogen-bond donors (Lipinski definition) is 3. The summed E-state index contributed by atoms with van der Waals surface area (Å²) in [5.41, 5.74) is 5.81. The molecule has 1 fully saturated rings. The van der Waals surface area contributed by atoms with Crippen LogP contribution in [0.4, 0.5) is 10.9 Å². The predicted octanol–water partition coefficient (Wildman–Crippen LogP) is 1.76. The number of thiazole rings is 1. The molecule has 1 aliphatic heterocycles. The second-order valence-corrected chi connectivity index (χ2v) is 6.69. The highest BCUT2D eigenvalue weighted by molar-refractivity contribution is 7.18. The zero-order chi connectivity index (χ0) is 15.2. The maximum atomic E-state index is 12.1. The van der Waals surface area contributed by atoms with Crippen LogP contribution in [0.25, 0.3) is 0 Å². The summed E-state index contributed by atoms with van der Waals surface area (Å²) >= 11 is 1.31. The van der Waals surface area contributed by atoms with Crippen molar-refractivity contribution in [1.82, 2.24) is 15.2 Å². The summed E-state index contributed by atoms with van der Waals surface area (Å²) < 4.78 is 0. The van der Waals surface area contributed by atoms with E-state index in [0.29, 0.717) is 22.4 Å². The summed E-state index contributed by atoms with van der Waals surface area (Å²) in [5, 5.41) is 6.79. The van der Waals surface area contributed by atoms with Crippen LogP contribution in [0, 0.1) is 0 Å². The molecule has 0 radical (unpaired) electrons. The topological polar surface area (TPSA) is 83.3 Å². The Kier molecular flexibility index (Phi) is 5.81. The van der Waals surface area contributed by atoms with Gasteiger partial charge < -0.3 is 21.3 Å². The number of hydrogen-bond acceptors (Lipinski definition) is 6. The first kappa shape index (κ1) is 16.0. The van der Waals surface area contributed by atoms with Gasteiger partial charge in [-0.3, -0.25) is 4.79 Å². The molecule has 0 saturated carbocycles. The van der Waals surface area contributed by atoms with Crippen molar-refractivity contribution in [2.75, 3.05) is 37.2 Å².